The first-order chi connectivity index (χ1) is 8.63. The van der Waals surface area contributed by atoms with Crippen LogP contribution in [-0.4, -0.2) is 26.3 Å². The van der Waals surface area contributed by atoms with Gasteiger partial charge in [-0.25, -0.2) is 4.79 Å². The fraction of sp³-hybridized carbons (Fsp3) is 0.500. The Morgan fingerprint density at radius 3 is 2.28 bits per heavy atom. The molecule has 1 aromatic carbocycles. The van der Waals surface area contributed by atoms with E-state index < -0.39 is 0 Å². The van der Waals surface area contributed by atoms with Gasteiger partial charge in [0.25, 0.3) is 0 Å². The molecule has 0 spiro atoms. The maximum absolute atomic E-state index is 11.4. The van der Waals surface area contributed by atoms with E-state index in [1.807, 2.05) is 26.8 Å². The highest BCUT2D eigenvalue weighted by Crippen LogP contribution is 2.23. The van der Waals surface area contributed by atoms with Crippen molar-refractivity contribution in [1.29, 1.82) is 0 Å². The van der Waals surface area contributed by atoms with Gasteiger partial charge in [0.05, 0.1) is 12.7 Å². The number of ether oxygens (including phenoxy) is 3. The summed E-state index contributed by atoms with van der Waals surface area (Å²) < 4.78 is 15.8. The van der Waals surface area contributed by atoms with Crippen LogP contribution in [0.5, 0.6) is 0 Å². The Bertz CT molecular complexity index is 395. The van der Waals surface area contributed by atoms with Gasteiger partial charge in [0.2, 0.25) is 0 Å². The lowest BCUT2D eigenvalue weighted by Crippen LogP contribution is -2.11. The summed E-state index contributed by atoms with van der Waals surface area (Å²) in [6.45, 7) is 6.91. The molecule has 0 saturated carbocycles. The summed E-state index contributed by atoms with van der Waals surface area (Å²) in [4.78, 5) is 11.4. The molecule has 0 aliphatic heterocycles. The van der Waals surface area contributed by atoms with Gasteiger partial charge in [0.15, 0.2) is 6.29 Å². The summed E-state index contributed by atoms with van der Waals surface area (Å²) in [5.41, 5.74) is 2.42. The highest BCUT2D eigenvalue weighted by Gasteiger charge is 2.15. The number of benzene rings is 1. The van der Waals surface area contributed by atoms with Gasteiger partial charge >= 0.3 is 5.97 Å². The van der Waals surface area contributed by atoms with Gasteiger partial charge in [-0.2, -0.15) is 0 Å². The van der Waals surface area contributed by atoms with E-state index in [-0.39, 0.29) is 12.3 Å². The molecule has 0 aromatic heterocycles. The molecule has 100 valence electrons. The molecule has 0 atom stereocenters. The molecule has 0 N–H and O–H groups in total. The topological polar surface area (TPSA) is 44.8 Å². The van der Waals surface area contributed by atoms with Crippen LogP contribution in [0, 0.1) is 6.92 Å². The normalized spacial score (nSPS) is 10.7. The lowest BCUT2D eigenvalue weighted by molar-refractivity contribution is -0.140. The van der Waals surface area contributed by atoms with E-state index >= 15 is 0 Å². The molecular formula is C14H20O4. The minimum Gasteiger partial charge on any atom is -0.465 e. The number of aryl methyl sites for hydroxylation is 1. The number of methoxy groups -OCH3 is 1. The average molecular weight is 252 g/mol. The van der Waals surface area contributed by atoms with Gasteiger partial charge in [0.1, 0.15) is 0 Å². The smallest absolute Gasteiger partial charge is 0.337 e. The van der Waals surface area contributed by atoms with E-state index in [4.69, 9.17) is 9.47 Å². The van der Waals surface area contributed by atoms with Gasteiger partial charge in [-0.15, -0.1) is 0 Å². The molecule has 0 amide bonds. The fourth-order valence-corrected chi connectivity index (χ4v) is 1.72. The molecular weight excluding hydrogens is 232 g/mol. The quantitative estimate of drug-likeness (QED) is 0.577. The highest BCUT2D eigenvalue weighted by molar-refractivity contribution is 5.89. The average Bonchev–Trinajstić information content (AvgIpc) is 2.37. The zero-order valence-electron chi connectivity index (χ0n) is 11.4. The molecule has 18 heavy (non-hydrogen) atoms. The number of hydrogen-bond donors (Lipinski definition) is 0. The maximum atomic E-state index is 11.4. The molecule has 0 bridgehead atoms. The summed E-state index contributed by atoms with van der Waals surface area (Å²) >= 11 is 0. The van der Waals surface area contributed by atoms with Crippen molar-refractivity contribution in [2.75, 3.05) is 20.3 Å². The maximum Gasteiger partial charge on any atom is 0.337 e. The SMILES string of the molecule is CCOC(OCC)c1ccc(C(=O)OC)cc1C. The number of carbonyl (C=O) groups excluding carboxylic acids is 1. The third-order valence-electron chi connectivity index (χ3n) is 2.58. The summed E-state index contributed by atoms with van der Waals surface area (Å²) in [6, 6.07) is 5.35. The minimum absolute atomic E-state index is 0.339. The van der Waals surface area contributed by atoms with Crippen molar-refractivity contribution in [1.82, 2.24) is 0 Å². The second-order valence-corrected chi connectivity index (χ2v) is 3.81. The van der Waals surface area contributed by atoms with Crippen molar-refractivity contribution < 1.29 is 19.0 Å². The van der Waals surface area contributed by atoms with Crippen LogP contribution in [0.25, 0.3) is 0 Å². The summed E-state index contributed by atoms with van der Waals surface area (Å²) in [6.07, 6.45) is -0.383. The van der Waals surface area contributed by atoms with Gasteiger partial charge in [0, 0.05) is 18.8 Å². The molecule has 0 unspecified atom stereocenters. The van der Waals surface area contributed by atoms with Gasteiger partial charge in [-0.1, -0.05) is 6.07 Å². The molecule has 0 aliphatic rings. The Morgan fingerprint density at radius 2 is 1.83 bits per heavy atom. The lowest BCUT2D eigenvalue weighted by atomic mass is 10.0. The summed E-state index contributed by atoms with van der Waals surface area (Å²) in [5, 5.41) is 0. The molecule has 1 aromatic rings. The largest absolute Gasteiger partial charge is 0.465 e. The summed E-state index contributed by atoms with van der Waals surface area (Å²) in [5.74, 6) is -0.339. The van der Waals surface area contributed by atoms with Crippen LogP contribution in [0.1, 0.15) is 41.6 Å². The first-order valence-corrected chi connectivity index (χ1v) is 6.06. The molecule has 4 heteroatoms. The van der Waals surface area contributed by atoms with Crippen LogP contribution in [0.4, 0.5) is 0 Å². The predicted octanol–water partition coefficient (Wildman–Crippen LogP) is 2.85. The Balaban J connectivity index is 2.98. The van der Waals surface area contributed by atoms with E-state index in [0.717, 1.165) is 11.1 Å². The Kier molecular flexibility index (Phi) is 5.82. The van der Waals surface area contributed by atoms with E-state index in [9.17, 15) is 4.79 Å². The number of hydrogen-bond acceptors (Lipinski definition) is 4. The minimum atomic E-state index is -0.383. The van der Waals surface area contributed by atoms with Crippen molar-refractivity contribution in [3.05, 3.63) is 34.9 Å². The number of rotatable bonds is 6. The van der Waals surface area contributed by atoms with Crippen molar-refractivity contribution >= 4 is 5.97 Å². The Hall–Kier alpha value is -1.39. The van der Waals surface area contributed by atoms with Crippen molar-refractivity contribution in [2.45, 2.75) is 27.1 Å². The third-order valence-corrected chi connectivity index (χ3v) is 2.58. The van der Waals surface area contributed by atoms with E-state index in [0.29, 0.717) is 18.8 Å². The standard InChI is InChI=1S/C14H20O4/c1-5-17-14(18-6-2)12-8-7-11(9-10(12)3)13(15)16-4/h7-9,14H,5-6H2,1-4H3. The van der Waals surface area contributed by atoms with Crippen molar-refractivity contribution in [3.8, 4) is 0 Å². The van der Waals surface area contributed by atoms with Crippen LogP contribution in [-0.2, 0) is 14.2 Å². The van der Waals surface area contributed by atoms with E-state index in [1.165, 1.54) is 7.11 Å². The van der Waals surface area contributed by atoms with Gasteiger partial charge in [-0.05, 0) is 38.5 Å². The third kappa shape index (κ3) is 3.55. The molecule has 1 rings (SSSR count). The second kappa shape index (κ2) is 7.13. The first kappa shape index (κ1) is 14.7. The van der Waals surface area contributed by atoms with Gasteiger partial charge in [-0.3, -0.25) is 0 Å². The van der Waals surface area contributed by atoms with Crippen LogP contribution in [0.2, 0.25) is 0 Å². The predicted molar refractivity (Wildman–Crippen MR) is 68.5 cm³/mol. The van der Waals surface area contributed by atoms with Crippen molar-refractivity contribution in [2.24, 2.45) is 0 Å². The monoisotopic (exact) mass is 252 g/mol. The highest BCUT2D eigenvalue weighted by atomic mass is 16.7. The zero-order chi connectivity index (χ0) is 13.5. The molecule has 0 aliphatic carbocycles. The Morgan fingerprint density at radius 1 is 1.22 bits per heavy atom. The van der Waals surface area contributed by atoms with E-state index in [1.54, 1.807) is 12.1 Å². The van der Waals surface area contributed by atoms with Crippen molar-refractivity contribution in [3.63, 3.8) is 0 Å². The molecule has 0 saturated heterocycles. The number of esters is 1. The molecule has 0 heterocycles. The van der Waals surface area contributed by atoms with Crippen LogP contribution < -0.4 is 0 Å². The molecule has 4 nitrogen and oxygen atoms in total. The van der Waals surface area contributed by atoms with Crippen LogP contribution >= 0.6 is 0 Å². The fourth-order valence-electron chi connectivity index (χ4n) is 1.72. The first-order valence-electron chi connectivity index (χ1n) is 6.06. The Labute approximate surface area is 108 Å². The van der Waals surface area contributed by atoms with Crippen LogP contribution in [0.3, 0.4) is 0 Å². The molecule has 0 radical (unpaired) electrons. The molecule has 0 fully saturated rings. The lowest BCUT2D eigenvalue weighted by Gasteiger charge is -2.19. The second-order valence-electron chi connectivity index (χ2n) is 3.81. The van der Waals surface area contributed by atoms with Crippen LogP contribution in [0.15, 0.2) is 18.2 Å². The zero-order valence-corrected chi connectivity index (χ0v) is 11.4. The number of carbonyl (C=O) groups is 1. The van der Waals surface area contributed by atoms with E-state index in [2.05, 4.69) is 4.74 Å². The summed E-state index contributed by atoms with van der Waals surface area (Å²) in [7, 11) is 1.37. The van der Waals surface area contributed by atoms with Gasteiger partial charge < -0.3 is 14.2 Å².